The molecule has 0 bridgehead atoms. The highest BCUT2D eigenvalue weighted by molar-refractivity contribution is 7.14. The van der Waals surface area contributed by atoms with Crippen LogP contribution >= 0.6 is 11.3 Å². The van der Waals surface area contributed by atoms with E-state index >= 15 is 0 Å². The second-order valence-corrected chi connectivity index (χ2v) is 7.50. The average Bonchev–Trinajstić information content (AvgIpc) is 3.39. The highest BCUT2D eigenvalue weighted by Crippen LogP contribution is 2.26. The quantitative estimate of drug-likeness (QED) is 0.418. The van der Waals surface area contributed by atoms with E-state index in [4.69, 9.17) is 4.42 Å². The number of nitrogens with zero attached hydrogens (tertiary/aromatic N) is 2. The minimum atomic E-state index is -0.514. The summed E-state index contributed by atoms with van der Waals surface area (Å²) in [4.78, 5) is 52.4. The van der Waals surface area contributed by atoms with Crippen LogP contribution in [0.2, 0.25) is 0 Å². The van der Waals surface area contributed by atoms with Gasteiger partial charge in [0.05, 0.1) is 17.3 Å². The van der Waals surface area contributed by atoms with Gasteiger partial charge in [-0.3, -0.25) is 24.3 Å². The number of carbonyl (C=O) groups is 2. The molecule has 0 aliphatic rings. The van der Waals surface area contributed by atoms with Gasteiger partial charge in [0.1, 0.15) is 18.0 Å². The second kappa shape index (κ2) is 8.40. The van der Waals surface area contributed by atoms with E-state index in [9.17, 15) is 19.2 Å². The number of carbonyl (C=O) groups excluding carboxylic acids is 2. The van der Waals surface area contributed by atoms with Gasteiger partial charge in [-0.05, 0) is 24.3 Å². The van der Waals surface area contributed by atoms with Gasteiger partial charge in [0.25, 0.3) is 11.1 Å². The average molecular weight is 439 g/mol. The first kappa shape index (κ1) is 20.3. The summed E-state index contributed by atoms with van der Waals surface area (Å²) in [5.41, 5.74) is -0.398. The summed E-state index contributed by atoms with van der Waals surface area (Å²) in [6, 6.07) is 9.85. The molecule has 11 heteroatoms. The van der Waals surface area contributed by atoms with Crippen molar-refractivity contribution >= 4 is 39.1 Å². The fraction of sp³-hybridized carbons (Fsp3) is 0.150. The van der Waals surface area contributed by atoms with Crippen molar-refractivity contribution in [2.24, 2.45) is 0 Å². The lowest BCUT2D eigenvalue weighted by molar-refractivity contribution is -0.119. The van der Waals surface area contributed by atoms with Crippen molar-refractivity contribution in [2.75, 3.05) is 5.32 Å². The first-order valence-electron chi connectivity index (χ1n) is 9.21. The standard InChI is InChI=1S/C20H17N5O5S/c1-11(26)21-8-12-6-7-16(30-12)15-10-31-20(22-15)23-17(27)9-25-19(29)14-5-3-2-4-13(14)18(28)24-25/h2-7,10H,8-9H2,1H3,(H,21,26)(H,24,28)(H,22,23,27). The molecule has 0 saturated heterocycles. The summed E-state index contributed by atoms with van der Waals surface area (Å²) in [5.74, 6) is 0.388. The number of benzene rings is 1. The number of aromatic amines is 1. The first-order valence-corrected chi connectivity index (χ1v) is 10.1. The number of hydrogen-bond donors (Lipinski definition) is 3. The van der Waals surface area contributed by atoms with Crippen molar-refractivity contribution in [1.82, 2.24) is 20.1 Å². The van der Waals surface area contributed by atoms with E-state index in [0.29, 0.717) is 22.3 Å². The molecule has 0 unspecified atom stereocenters. The third kappa shape index (κ3) is 4.46. The molecule has 3 aromatic heterocycles. The van der Waals surface area contributed by atoms with Gasteiger partial charge in [0.15, 0.2) is 10.9 Å². The molecule has 2 amide bonds. The summed E-state index contributed by atoms with van der Waals surface area (Å²) in [6.07, 6.45) is 0. The van der Waals surface area contributed by atoms with Crippen molar-refractivity contribution in [3.63, 3.8) is 0 Å². The molecule has 31 heavy (non-hydrogen) atoms. The number of amides is 2. The highest BCUT2D eigenvalue weighted by Gasteiger charge is 2.14. The molecule has 0 aliphatic carbocycles. The number of thiazole rings is 1. The van der Waals surface area contributed by atoms with E-state index in [1.807, 2.05) is 0 Å². The van der Waals surface area contributed by atoms with Gasteiger partial charge in [-0.15, -0.1) is 11.3 Å². The van der Waals surface area contributed by atoms with Crippen molar-refractivity contribution in [1.29, 1.82) is 0 Å². The Morgan fingerprint density at radius 1 is 1.16 bits per heavy atom. The van der Waals surface area contributed by atoms with Crippen LogP contribution in [0.3, 0.4) is 0 Å². The van der Waals surface area contributed by atoms with Gasteiger partial charge in [-0.1, -0.05) is 12.1 Å². The van der Waals surface area contributed by atoms with E-state index in [1.165, 1.54) is 24.3 Å². The number of fused-ring (bicyclic) bond motifs is 1. The maximum absolute atomic E-state index is 12.5. The lowest BCUT2D eigenvalue weighted by Gasteiger charge is -2.06. The Morgan fingerprint density at radius 2 is 1.94 bits per heavy atom. The molecule has 0 aliphatic heterocycles. The Hall–Kier alpha value is -3.99. The van der Waals surface area contributed by atoms with Crippen LogP contribution in [0.4, 0.5) is 5.13 Å². The van der Waals surface area contributed by atoms with Gasteiger partial charge in [-0.25, -0.2) is 9.67 Å². The summed E-state index contributed by atoms with van der Waals surface area (Å²) < 4.78 is 6.60. The fourth-order valence-corrected chi connectivity index (χ4v) is 3.64. The zero-order valence-corrected chi connectivity index (χ0v) is 17.1. The van der Waals surface area contributed by atoms with E-state index in [-0.39, 0.29) is 29.8 Å². The molecule has 158 valence electrons. The number of aromatic nitrogens is 3. The normalized spacial score (nSPS) is 10.9. The number of anilines is 1. The van der Waals surface area contributed by atoms with Gasteiger partial charge in [-0.2, -0.15) is 0 Å². The molecule has 4 aromatic rings. The van der Waals surface area contributed by atoms with Crippen LogP contribution in [0, 0.1) is 0 Å². The molecule has 10 nitrogen and oxygen atoms in total. The smallest absolute Gasteiger partial charge is 0.273 e. The number of nitrogens with one attached hydrogen (secondary N) is 3. The number of rotatable bonds is 6. The van der Waals surface area contributed by atoms with E-state index in [0.717, 1.165) is 4.68 Å². The van der Waals surface area contributed by atoms with Crippen LogP contribution in [-0.2, 0) is 22.7 Å². The summed E-state index contributed by atoms with van der Waals surface area (Å²) in [5, 5.41) is 10.2. The molecule has 0 radical (unpaired) electrons. The largest absolute Gasteiger partial charge is 0.458 e. The van der Waals surface area contributed by atoms with E-state index < -0.39 is 17.0 Å². The lowest BCUT2D eigenvalue weighted by atomic mass is 10.2. The summed E-state index contributed by atoms with van der Waals surface area (Å²) >= 11 is 1.19. The monoisotopic (exact) mass is 439 g/mol. The topological polar surface area (TPSA) is 139 Å². The zero-order chi connectivity index (χ0) is 22.0. The van der Waals surface area contributed by atoms with Crippen LogP contribution in [0.15, 0.2) is 55.8 Å². The number of hydrogen-bond acceptors (Lipinski definition) is 7. The summed E-state index contributed by atoms with van der Waals surface area (Å²) in [6.45, 7) is 1.32. The molecule has 0 fully saturated rings. The van der Waals surface area contributed by atoms with Crippen LogP contribution in [0.5, 0.6) is 0 Å². The molecule has 3 heterocycles. The molecule has 0 atom stereocenters. The molecular formula is C20H17N5O5S. The van der Waals surface area contributed by atoms with Crippen LogP contribution < -0.4 is 21.8 Å². The summed E-state index contributed by atoms with van der Waals surface area (Å²) in [7, 11) is 0. The predicted octanol–water partition coefficient (Wildman–Crippen LogP) is 1.68. The molecule has 1 aromatic carbocycles. The van der Waals surface area contributed by atoms with Crippen molar-refractivity contribution in [3.05, 3.63) is 68.2 Å². The molecule has 3 N–H and O–H groups in total. The molecule has 0 spiro atoms. The van der Waals surface area contributed by atoms with Gasteiger partial charge >= 0.3 is 0 Å². The zero-order valence-electron chi connectivity index (χ0n) is 16.3. The maximum atomic E-state index is 12.5. The highest BCUT2D eigenvalue weighted by atomic mass is 32.1. The van der Waals surface area contributed by atoms with Gasteiger partial charge in [0.2, 0.25) is 11.8 Å². The SMILES string of the molecule is CC(=O)NCc1ccc(-c2csc(NC(=O)Cn3[nH]c(=O)c4ccccc4c3=O)n2)o1. The first-order chi connectivity index (χ1) is 14.9. The Morgan fingerprint density at radius 3 is 2.71 bits per heavy atom. The third-order valence-electron chi connectivity index (χ3n) is 4.36. The second-order valence-electron chi connectivity index (χ2n) is 6.64. The Balaban J connectivity index is 1.46. The molecule has 0 saturated carbocycles. The lowest BCUT2D eigenvalue weighted by Crippen LogP contribution is -2.34. The Kier molecular flexibility index (Phi) is 5.50. The molecule has 4 rings (SSSR count). The number of furan rings is 1. The fourth-order valence-electron chi connectivity index (χ4n) is 2.93. The van der Waals surface area contributed by atoms with Gasteiger partial charge in [0, 0.05) is 12.3 Å². The minimum Gasteiger partial charge on any atom is -0.458 e. The molecular weight excluding hydrogens is 422 g/mol. The van der Waals surface area contributed by atoms with E-state index in [1.54, 1.807) is 35.7 Å². The van der Waals surface area contributed by atoms with Crippen LogP contribution in [0.25, 0.3) is 22.2 Å². The maximum Gasteiger partial charge on any atom is 0.273 e. The predicted molar refractivity (Wildman–Crippen MR) is 115 cm³/mol. The van der Waals surface area contributed by atoms with E-state index in [2.05, 4.69) is 20.7 Å². The van der Waals surface area contributed by atoms with Gasteiger partial charge < -0.3 is 15.1 Å². The Labute approximate surface area is 178 Å². The number of H-pyrrole nitrogens is 1. The Bertz CT molecular complexity index is 1400. The van der Waals surface area contributed by atoms with Crippen molar-refractivity contribution < 1.29 is 14.0 Å². The minimum absolute atomic E-state index is 0.163. The van der Waals surface area contributed by atoms with Crippen molar-refractivity contribution in [2.45, 2.75) is 20.0 Å². The third-order valence-corrected chi connectivity index (χ3v) is 5.12. The van der Waals surface area contributed by atoms with Crippen LogP contribution in [0.1, 0.15) is 12.7 Å². The van der Waals surface area contributed by atoms with Crippen LogP contribution in [-0.4, -0.2) is 26.6 Å². The van der Waals surface area contributed by atoms with Crippen molar-refractivity contribution in [3.8, 4) is 11.5 Å².